The van der Waals surface area contributed by atoms with Crippen LogP contribution in [0.2, 0.25) is 0 Å². The van der Waals surface area contributed by atoms with Gasteiger partial charge in [-0.1, -0.05) is 18.2 Å². The van der Waals surface area contributed by atoms with Gasteiger partial charge in [-0.3, -0.25) is 4.79 Å². The third kappa shape index (κ3) is 3.77. The number of likely N-dealkylation sites (N-methyl/N-ethyl adjacent to an activating group) is 1. The highest BCUT2D eigenvalue weighted by Gasteiger charge is 2.14. The normalized spacial score (nSPS) is 13.9. The lowest BCUT2D eigenvalue weighted by molar-refractivity contribution is -0.125. The van der Waals surface area contributed by atoms with Crippen molar-refractivity contribution in [1.29, 1.82) is 0 Å². The topological polar surface area (TPSA) is 67.6 Å². The van der Waals surface area contributed by atoms with Gasteiger partial charge in [-0.2, -0.15) is 0 Å². The number of anilines is 1. The van der Waals surface area contributed by atoms with E-state index < -0.39 is 0 Å². The average Bonchev–Trinajstić information content (AvgIpc) is 2.88. The molecule has 0 bridgehead atoms. The molecule has 6 nitrogen and oxygen atoms in total. The van der Waals surface area contributed by atoms with Gasteiger partial charge in [0.15, 0.2) is 0 Å². The summed E-state index contributed by atoms with van der Waals surface area (Å²) < 4.78 is 11.4. The summed E-state index contributed by atoms with van der Waals surface area (Å²) in [5.74, 6) is 1.56. The minimum Gasteiger partial charge on any atom is -0.459 e. The first-order valence-corrected chi connectivity index (χ1v) is 9.32. The Kier molecular flexibility index (Phi) is 5.12. The molecule has 6 heteroatoms. The van der Waals surface area contributed by atoms with Crippen LogP contribution in [-0.4, -0.2) is 36.0 Å². The van der Waals surface area contributed by atoms with E-state index in [9.17, 15) is 4.79 Å². The number of nitrogens with zero attached hydrogens (tertiary/aromatic N) is 2. The first-order valence-electron chi connectivity index (χ1n) is 9.32. The zero-order chi connectivity index (χ0) is 19.5. The van der Waals surface area contributed by atoms with Crippen molar-refractivity contribution in [1.82, 2.24) is 9.88 Å². The molecular formula is C22H23N3O3. The standard InChI is InChI=1S/C22H23N3O3/c1-15-18-5-3-4-6-19(18)28-20(15)13-25(2)21(26)8-7-16-11-17-14-27-10-9-23-22(17)24-12-16/h3-8,11-12H,9-10,13-14H2,1-2H3,(H,23,24). The van der Waals surface area contributed by atoms with Crippen LogP contribution in [0.25, 0.3) is 17.0 Å². The second-order valence-electron chi connectivity index (χ2n) is 6.93. The first-order chi connectivity index (χ1) is 13.6. The van der Waals surface area contributed by atoms with Crippen molar-refractivity contribution in [3.8, 4) is 0 Å². The molecule has 4 rings (SSSR count). The Morgan fingerprint density at radius 1 is 1.36 bits per heavy atom. The van der Waals surface area contributed by atoms with E-state index in [1.54, 1.807) is 30.3 Å². The monoisotopic (exact) mass is 377 g/mol. The number of aromatic nitrogens is 1. The molecule has 1 aliphatic rings. The summed E-state index contributed by atoms with van der Waals surface area (Å²) in [5, 5.41) is 4.32. The lowest BCUT2D eigenvalue weighted by atomic mass is 10.1. The molecule has 0 spiro atoms. The number of benzene rings is 1. The van der Waals surface area contributed by atoms with Gasteiger partial charge in [0.05, 0.1) is 19.8 Å². The maximum atomic E-state index is 12.5. The molecule has 0 atom stereocenters. The van der Waals surface area contributed by atoms with Crippen molar-refractivity contribution in [3.63, 3.8) is 0 Å². The van der Waals surface area contributed by atoms with Crippen LogP contribution < -0.4 is 5.32 Å². The molecule has 0 aliphatic carbocycles. The number of amides is 1. The summed E-state index contributed by atoms with van der Waals surface area (Å²) in [4.78, 5) is 18.6. The van der Waals surface area contributed by atoms with E-state index in [1.807, 2.05) is 37.3 Å². The smallest absolute Gasteiger partial charge is 0.246 e. The number of hydrogen-bond donors (Lipinski definition) is 1. The van der Waals surface area contributed by atoms with Gasteiger partial charge in [0.25, 0.3) is 0 Å². The van der Waals surface area contributed by atoms with Crippen molar-refractivity contribution in [2.45, 2.75) is 20.1 Å². The molecule has 0 saturated heterocycles. The van der Waals surface area contributed by atoms with Gasteiger partial charge in [-0.25, -0.2) is 4.98 Å². The third-order valence-corrected chi connectivity index (χ3v) is 4.90. The third-order valence-electron chi connectivity index (χ3n) is 4.90. The van der Waals surface area contributed by atoms with E-state index in [1.165, 1.54) is 0 Å². The Morgan fingerprint density at radius 2 is 2.21 bits per heavy atom. The molecule has 2 aromatic heterocycles. The minimum absolute atomic E-state index is 0.0934. The number of carbonyl (C=O) groups excluding carboxylic acids is 1. The van der Waals surface area contributed by atoms with E-state index >= 15 is 0 Å². The van der Waals surface area contributed by atoms with Crippen LogP contribution >= 0.6 is 0 Å². The molecule has 28 heavy (non-hydrogen) atoms. The van der Waals surface area contributed by atoms with Gasteiger partial charge in [0.2, 0.25) is 5.91 Å². The predicted octanol–water partition coefficient (Wildman–Crippen LogP) is 3.75. The fourth-order valence-electron chi connectivity index (χ4n) is 3.28. The highest BCUT2D eigenvalue weighted by atomic mass is 16.5. The zero-order valence-corrected chi connectivity index (χ0v) is 16.1. The number of fused-ring (bicyclic) bond motifs is 2. The highest BCUT2D eigenvalue weighted by Crippen LogP contribution is 2.25. The van der Waals surface area contributed by atoms with Crippen LogP contribution in [0, 0.1) is 6.92 Å². The Bertz CT molecular complexity index is 1040. The summed E-state index contributed by atoms with van der Waals surface area (Å²) in [7, 11) is 1.77. The molecule has 1 aromatic carbocycles. The quantitative estimate of drug-likeness (QED) is 0.702. The number of hydrogen-bond acceptors (Lipinski definition) is 5. The fourth-order valence-corrected chi connectivity index (χ4v) is 3.28. The van der Waals surface area contributed by atoms with E-state index in [2.05, 4.69) is 10.3 Å². The molecule has 144 valence electrons. The van der Waals surface area contributed by atoms with Crippen molar-refractivity contribution < 1.29 is 13.9 Å². The fraction of sp³-hybridized carbons (Fsp3) is 0.273. The Balaban J connectivity index is 1.45. The molecule has 1 aliphatic heterocycles. The van der Waals surface area contributed by atoms with E-state index in [0.29, 0.717) is 19.8 Å². The van der Waals surface area contributed by atoms with Gasteiger partial charge in [-0.15, -0.1) is 0 Å². The van der Waals surface area contributed by atoms with Crippen molar-refractivity contribution in [3.05, 3.63) is 65.1 Å². The largest absolute Gasteiger partial charge is 0.459 e. The van der Waals surface area contributed by atoms with Gasteiger partial charge in [-0.05, 0) is 30.7 Å². The zero-order valence-electron chi connectivity index (χ0n) is 16.1. The Labute approximate surface area is 163 Å². The number of pyridine rings is 1. The summed E-state index contributed by atoms with van der Waals surface area (Å²) in [6.07, 6.45) is 5.10. The Hall–Kier alpha value is -3.12. The number of para-hydroxylation sites is 1. The predicted molar refractivity (Wildman–Crippen MR) is 109 cm³/mol. The number of nitrogens with one attached hydrogen (secondary N) is 1. The number of rotatable bonds is 4. The molecule has 1 N–H and O–H groups in total. The molecule has 0 fully saturated rings. The minimum atomic E-state index is -0.0934. The van der Waals surface area contributed by atoms with Crippen LogP contribution in [0.4, 0.5) is 5.82 Å². The summed E-state index contributed by atoms with van der Waals surface area (Å²) in [6.45, 7) is 4.37. The van der Waals surface area contributed by atoms with Crippen molar-refractivity contribution in [2.24, 2.45) is 0 Å². The van der Waals surface area contributed by atoms with Gasteiger partial charge < -0.3 is 19.4 Å². The van der Waals surface area contributed by atoms with Crippen molar-refractivity contribution >= 4 is 28.8 Å². The first kappa shape index (κ1) is 18.3. The molecule has 3 aromatic rings. The SMILES string of the molecule is Cc1c(CN(C)C(=O)C=Cc2cnc3c(c2)COCCN3)oc2ccccc12. The lowest BCUT2D eigenvalue weighted by Gasteiger charge is -2.14. The van der Waals surface area contributed by atoms with Gasteiger partial charge in [0.1, 0.15) is 17.2 Å². The van der Waals surface area contributed by atoms with Gasteiger partial charge >= 0.3 is 0 Å². The second-order valence-corrected chi connectivity index (χ2v) is 6.93. The molecule has 0 radical (unpaired) electrons. The average molecular weight is 377 g/mol. The lowest BCUT2D eigenvalue weighted by Crippen LogP contribution is -2.24. The number of carbonyl (C=O) groups is 1. The molecule has 0 saturated carbocycles. The van der Waals surface area contributed by atoms with E-state index in [-0.39, 0.29) is 5.91 Å². The maximum absolute atomic E-state index is 12.5. The number of aryl methyl sites for hydroxylation is 1. The second kappa shape index (κ2) is 7.86. The Morgan fingerprint density at radius 3 is 3.07 bits per heavy atom. The van der Waals surface area contributed by atoms with Gasteiger partial charge in [0, 0.05) is 42.4 Å². The summed E-state index contributed by atoms with van der Waals surface area (Å²) >= 11 is 0. The molecular weight excluding hydrogens is 354 g/mol. The van der Waals surface area contributed by atoms with Crippen LogP contribution in [-0.2, 0) is 22.7 Å². The summed E-state index contributed by atoms with van der Waals surface area (Å²) in [6, 6.07) is 9.90. The van der Waals surface area contributed by atoms with Crippen molar-refractivity contribution in [2.75, 3.05) is 25.5 Å². The van der Waals surface area contributed by atoms with Crippen LogP contribution in [0.15, 0.2) is 47.0 Å². The van der Waals surface area contributed by atoms with E-state index in [4.69, 9.17) is 9.15 Å². The van der Waals surface area contributed by atoms with Crippen LogP contribution in [0.5, 0.6) is 0 Å². The highest BCUT2D eigenvalue weighted by molar-refractivity contribution is 5.91. The number of furan rings is 1. The number of ether oxygens (including phenoxy) is 1. The summed E-state index contributed by atoms with van der Waals surface area (Å²) in [5.41, 5.74) is 3.78. The maximum Gasteiger partial charge on any atom is 0.246 e. The molecule has 1 amide bonds. The molecule has 3 heterocycles. The van der Waals surface area contributed by atoms with E-state index in [0.717, 1.165) is 45.8 Å². The van der Waals surface area contributed by atoms with Crippen LogP contribution in [0.1, 0.15) is 22.5 Å². The van der Waals surface area contributed by atoms with Crippen LogP contribution in [0.3, 0.4) is 0 Å². The molecule has 0 unspecified atom stereocenters.